The third kappa shape index (κ3) is 5.42. The number of esters is 1. The van der Waals surface area contributed by atoms with E-state index in [1.807, 2.05) is 12.1 Å². The normalized spacial score (nSPS) is 16.1. The average molecular weight is 480 g/mol. The first-order valence-electron chi connectivity index (χ1n) is 12.0. The maximum atomic E-state index is 13.9. The van der Waals surface area contributed by atoms with Crippen LogP contribution in [0.3, 0.4) is 0 Å². The SMILES string of the molecule is COC(=O)c1ccc(C)c(N(C(=O)OC(C)(C)C)C(=O)c2ccc3c(c2)C(C)(C)CCC3(C)C)c1. The second-order valence-corrected chi connectivity index (χ2v) is 11.6. The fourth-order valence-corrected chi connectivity index (χ4v) is 4.54. The number of benzene rings is 2. The van der Waals surface area contributed by atoms with E-state index < -0.39 is 23.6 Å². The number of carbonyl (C=O) groups is 3. The number of hydrogen-bond donors (Lipinski definition) is 0. The van der Waals surface area contributed by atoms with Gasteiger partial charge in [-0.2, -0.15) is 0 Å². The molecule has 3 rings (SSSR count). The first-order chi connectivity index (χ1) is 16.1. The van der Waals surface area contributed by atoms with Crippen LogP contribution in [0.1, 0.15) is 98.7 Å². The smallest absolute Gasteiger partial charge is 0.422 e. The standard InChI is InChI=1S/C29H37NO5/c1-18-10-11-20(25(32)34-9)17-23(18)30(26(33)35-27(2,3)4)24(31)19-12-13-21-22(16-19)29(7,8)15-14-28(21,5)6/h10-13,16-17H,14-15H2,1-9H3. The summed E-state index contributed by atoms with van der Waals surface area (Å²) < 4.78 is 10.5. The molecule has 2 aromatic rings. The van der Waals surface area contributed by atoms with E-state index in [1.165, 1.54) is 18.7 Å². The van der Waals surface area contributed by atoms with Crippen molar-refractivity contribution in [1.29, 1.82) is 0 Å². The molecule has 1 aliphatic rings. The minimum atomic E-state index is -0.814. The molecule has 0 saturated heterocycles. The van der Waals surface area contributed by atoms with Crippen molar-refractivity contribution in [2.24, 2.45) is 0 Å². The van der Waals surface area contributed by atoms with Crippen molar-refractivity contribution >= 4 is 23.7 Å². The van der Waals surface area contributed by atoms with Crippen LogP contribution >= 0.6 is 0 Å². The van der Waals surface area contributed by atoms with E-state index in [4.69, 9.17) is 9.47 Å². The minimum Gasteiger partial charge on any atom is -0.465 e. The zero-order valence-electron chi connectivity index (χ0n) is 22.4. The number of aryl methyl sites for hydroxylation is 1. The molecule has 188 valence electrons. The zero-order valence-corrected chi connectivity index (χ0v) is 22.4. The minimum absolute atomic E-state index is 0.00270. The van der Waals surface area contributed by atoms with Crippen molar-refractivity contribution in [2.45, 2.75) is 84.7 Å². The first kappa shape index (κ1) is 26.5. The highest BCUT2D eigenvalue weighted by Crippen LogP contribution is 2.46. The van der Waals surface area contributed by atoms with Gasteiger partial charge in [0.25, 0.3) is 5.91 Å². The lowest BCUT2D eigenvalue weighted by molar-refractivity contribution is 0.0557. The Balaban J connectivity index is 2.17. The lowest BCUT2D eigenvalue weighted by atomic mass is 9.63. The van der Waals surface area contributed by atoms with Crippen LogP contribution in [0.15, 0.2) is 36.4 Å². The number of amides is 2. The fraction of sp³-hybridized carbons (Fsp3) is 0.483. The number of anilines is 1. The molecule has 0 bridgehead atoms. The van der Waals surface area contributed by atoms with E-state index in [0.717, 1.165) is 23.3 Å². The molecule has 0 atom stereocenters. The van der Waals surface area contributed by atoms with Gasteiger partial charge in [-0.3, -0.25) is 4.79 Å². The molecule has 6 heteroatoms. The summed E-state index contributed by atoms with van der Waals surface area (Å²) in [7, 11) is 1.29. The van der Waals surface area contributed by atoms with Gasteiger partial charge in [0.2, 0.25) is 0 Å². The van der Waals surface area contributed by atoms with Crippen molar-refractivity contribution in [2.75, 3.05) is 12.0 Å². The van der Waals surface area contributed by atoms with Crippen LogP contribution in [0, 0.1) is 6.92 Å². The number of methoxy groups -OCH3 is 1. The highest BCUT2D eigenvalue weighted by molar-refractivity contribution is 6.20. The van der Waals surface area contributed by atoms with Gasteiger partial charge < -0.3 is 9.47 Å². The molecular formula is C29H37NO5. The van der Waals surface area contributed by atoms with Gasteiger partial charge in [-0.25, -0.2) is 14.5 Å². The lowest BCUT2D eigenvalue weighted by Gasteiger charge is -2.42. The Labute approximate surface area is 208 Å². The second kappa shape index (κ2) is 9.14. The Kier molecular flexibility index (Phi) is 6.91. The molecule has 0 fully saturated rings. The Bertz CT molecular complexity index is 1170. The van der Waals surface area contributed by atoms with Crippen LogP contribution in [0.5, 0.6) is 0 Å². The van der Waals surface area contributed by atoms with Gasteiger partial charge in [0, 0.05) is 5.56 Å². The summed E-state index contributed by atoms with van der Waals surface area (Å²) in [6.45, 7) is 15.8. The predicted molar refractivity (Wildman–Crippen MR) is 137 cm³/mol. The van der Waals surface area contributed by atoms with Crippen LogP contribution < -0.4 is 4.90 Å². The van der Waals surface area contributed by atoms with Crippen molar-refractivity contribution in [3.05, 3.63) is 64.2 Å². The summed E-state index contributed by atoms with van der Waals surface area (Å²) in [5.41, 5.74) is 2.99. The summed E-state index contributed by atoms with van der Waals surface area (Å²) in [5.74, 6) is -1.06. The van der Waals surface area contributed by atoms with Gasteiger partial charge in [-0.05, 0) is 92.3 Å². The molecule has 1 aliphatic carbocycles. The first-order valence-corrected chi connectivity index (χ1v) is 12.0. The summed E-state index contributed by atoms with van der Waals surface area (Å²) in [6.07, 6.45) is 1.26. The monoisotopic (exact) mass is 479 g/mol. The Morgan fingerprint density at radius 3 is 2.00 bits per heavy atom. The number of ether oxygens (including phenoxy) is 2. The van der Waals surface area contributed by atoms with Crippen LogP contribution in [0.4, 0.5) is 10.5 Å². The predicted octanol–water partition coefficient (Wildman–Crippen LogP) is 6.71. The topological polar surface area (TPSA) is 72.9 Å². The molecular weight excluding hydrogens is 442 g/mol. The molecule has 0 saturated carbocycles. The van der Waals surface area contributed by atoms with Crippen LogP contribution in [-0.2, 0) is 20.3 Å². The molecule has 0 aromatic heterocycles. The summed E-state index contributed by atoms with van der Waals surface area (Å²) in [4.78, 5) is 40.5. The average Bonchev–Trinajstić information content (AvgIpc) is 2.76. The van der Waals surface area contributed by atoms with Gasteiger partial charge in [0.05, 0.1) is 18.4 Å². The summed E-state index contributed by atoms with van der Waals surface area (Å²) in [6, 6.07) is 10.5. The number of carbonyl (C=O) groups excluding carboxylic acids is 3. The Morgan fingerprint density at radius 2 is 1.43 bits per heavy atom. The maximum Gasteiger partial charge on any atom is 0.422 e. The van der Waals surface area contributed by atoms with E-state index in [2.05, 4.69) is 27.7 Å². The number of nitrogens with zero attached hydrogens (tertiary/aromatic N) is 1. The van der Waals surface area contributed by atoms with Crippen LogP contribution in [0.2, 0.25) is 0 Å². The second-order valence-electron chi connectivity index (χ2n) is 11.6. The number of fused-ring (bicyclic) bond motifs is 1. The highest BCUT2D eigenvalue weighted by atomic mass is 16.6. The fourth-order valence-electron chi connectivity index (χ4n) is 4.54. The van der Waals surface area contributed by atoms with Crippen LogP contribution in [-0.4, -0.2) is 30.7 Å². The van der Waals surface area contributed by atoms with E-state index >= 15 is 0 Å². The Morgan fingerprint density at radius 1 is 0.857 bits per heavy atom. The summed E-state index contributed by atoms with van der Waals surface area (Å²) in [5, 5.41) is 0. The van der Waals surface area contributed by atoms with E-state index in [1.54, 1.807) is 45.9 Å². The van der Waals surface area contributed by atoms with Crippen LogP contribution in [0.25, 0.3) is 0 Å². The van der Waals surface area contributed by atoms with E-state index in [0.29, 0.717) is 11.1 Å². The number of imide groups is 1. The van der Waals surface area contributed by atoms with E-state index in [9.17, 15) is 14.4 Å². The molecule has 0 unspecified atom stereocenters. The van der Waals surface area contributed by atoms with Crippen molar-refractivity contribution in [3.8, 4) is 0 Å². The largest absolute Gasteiger partial charge is 0.465 e. The number of hydrogen-bond acceptors (Lipinski definition) is 5. The molecule has 2 amide bonds. The lowest BCUT2D eigenvalue weighted by Crippen LogP contribution is -2.42. The third-order valence-electron chi connectivity index (χ3n) is 6.75. The van der Waals surface area contributed by atoms with Crippen molar-refractivity contribution < 1.29 is 23.9 Å². The molecule has 0 spiro atoms. The molecule has 0 N–H and O–H groups in total. The maximum absolute atomic E-state index is 13.9. The molecule has 0 aliphatic heterocycles. The zero-order chi connectivity index (χ0) is 26.3. The quantitative estimate of drug-likeness (QED) is 0.457. The summed E-state index contributed by atoms with van der Waals surface area (Å²) >= 11 is 0. The van der Waals surface area contributed by atoms with Crippen molar-refractivity contribution in [1.82, 2.24) is 0 Å². The Hall–Kier alpha value is -3.15. The molecule has 6 nitrogen and oxygen atoms in total. The van der Waals surface area contributed by atoms with Gasteiger partial charge in [-0.1, -0.05) is 39.8 Å². The van der Waals surface area contributed by atoms with E-state index in [-0.39, 0.29) is 22.1 Å². The van der Waals surface area contributed by atoms with Gasteiger partial charge in [0.1, 0.15) is 5.60 Å². The third-order valence-corrected chi connectivity index (χ3v) is 6.75. The van der Waals surface area contributed by atoms with Gasteiger partial charge >= 0.3 is 12.1 Å². The number of rotatable bonds is 3. The molecule has 2 aromatic carbocycles. The van der Waals surface area contributed by atoms with Crippen molar-refractivity contribution in [3.63, 3.8) is 0 Å². The highest BCUT2D eigenvalue weighted by Gasteiger charge is 2.38. The van der Waals surface area contributed by atoms with Gasteiger partial charge in [-0.15, -0.1) is 0 Å². The van der Waals surface area contributed by atoms with Gasteiger partial charge in [0.15, 0.2) is 0 Å². The molecule has 0 radical (unpaired) electrons. The molecule has 0 heterocycles. The molecule has 35 heavy (non-hydrogen) atoms.